The highest BCUT2D eigenvalue weighted by atomic mass is 32.2. The highest BCUT2D eigenvalue weighted by Gasteiger charge is 2.32. The quantitative estimate of drug-likeness (QED) is 0.513. The van der Waals surface area contributed by atoms with Crippen molar-refractivity contribution in [3.63, 3.8) is 0 Å². The normalized spacial score (nSPS) is 16.4. The number of hydrogen-bond donors (Lipinski definition) is 1. The smallest absolute Gasteiger partial charge is 0.330 e. The lowest BCUT2D eigenvalue weighted by molar-refractivity contribution is -0.197. The first-order valence-electron chi connectivity index (χ1n) is 4.81. The van der Waals surface area contributed by atoms with Gasteiger partial charge in [0.15, 0.2) is 0 Å². The first kappa shape index (κ1) is 13.6. The van der Waals surface area contributed by atoms with Gasteiger partial charge in [0.05, 0.1) is 5.75 Å². The van der Waals surface area contributed by atoms with Crippen LogP contribution in [0, 0.1) is 0 Å². The molecule has 0 aromatic rings. The van der Waals surface area contributed by atoms with Gasteiger partial charge < -0.3 is 4.84 Å². The topological polar surface area (TPSA) is 118 Å². The van der Waals surface area contributed by atoms with Crippen molar-refractivity contribution in [1.29, 1.82) is 0 Å². The zero-order valence-corrected chi connectivity index (χ0v) is 9.60. The molecule has 1 fully saturated rings. The third-order valence-electron chi connectivity index (χ3n) is 1.98. The van der Waals surface area contributed by atoms with Crippen LogP contribution in [0.3, 0.4) is 0 Å². The summed E-state index contributed by atoms with van der Waals surface area (Å²) in [5, 5.41) is 0.385. The molecule has 9 heteroatoms. The van der Waals surface area contributed by atoms with Gasteiger partial charge in [0, 0.05) is 19.3 Å². The molecule has 1 aliphatic rings. The fraction of sp³-hybridized carbons (Fsp3) is 0.625. The molecule has 1 saturated heterocycles. The molecular formula is C8H11NO7S. The molecule has 0 aliphatic carbocycles. The molecule has 0 radical (unpaired) electrons. The van der Waals surface area contributed by atoms with Crippen molar-refractivity contribution < 1.29 is 32.2 Å². The molecule has 0 unspecified atom stereocenters. The minimum atomic E-state index is -4.12. The van der Waals surface area contributed by atoms with Crippen molar-refractivity contribution in [2.45, 2.75) is 25.7 Å². The maximum atomic E-state index is 11.1. The summed E-state index contributed by atoms with van der Waals surface area (Å²) in [4.78, 5) is 37.7. The summed E-state index contributed by atoms with van der Waals surface area (Å²) in [6.07, 6.45) is -0.459. The zero-order chi connectivity index (χ0) is 13.1. The van der Waals surface area contributed by atoms with Gasteiger partial charge in [-0.05, 0) is 6.42 Å². The Morgan fingerprint density at radius 2 is 1.82 bits per heavy atom. The van der Waals surface area contributed by atoms with E-state index in [1.807, 2.05) is 0 Å². The summed E-state index contributed by atoms with van der Waals surface area (Å²) in [5.74, 6) is -2.67. The van der Waals surface area contributed by atoms with E-state index < -0.39 is 33.7 Å². The van der Waals surface area contributed by atoms with E-state index in [1.165, 1.54) is 0 Å². The second-order valence-corrected chi connectivity index (χ2v) is 5.01. The Kier molecular flexibility index (Phi) is 4.18. The number of amides is 2. The summed E-state index contributed by atoms with van der Waals surface area (Å²) in [6, 6.07) is 0. The lowest BCUT2D eigenvalue weighted by Crippen LogP contribution is -2.32. The van der Waals surface area contributed by atoms with Crippen molar-refractivity contribution in [3.8, 4) is 0 Å². The first-order valence-corrected chi connectivity index (χ1v) is 6.42. The Hall–Kier alpha value is -1.48. The van der Waals surface area contributed by atoms with E-state index in [-0.39, 0.29) is 25.7 Å². The van der Waals surface area contributed by atoms with Gasteiger partial charge in [-0.1, -0.05) is 0 Å². The SMILES string of the molecule is O=C(CCCS(=O)(=O)O)ON1C(=O)CCC1=O. The molecule has 0 aromatic carbocycles. The van der Waals surface area contributed by atoms with Gasteiger partial charge in [0.1, 0.15) is 0 Å². The fourth-order valence-corrected chi connectivity index (χ4v) is 1.71. The summed E-state index contributed by atoms with van der Waals surface area (Å²) < 4.78 is 29.1. The highest BCUT2D eigenvalue weighted by Crippen LogP contribution is 2.12. The molecule has 1 aliphatic heterocycles. The molecule has 1 heterocycles. The molecule has 0 spiro atoms. The van der Waals surface area contributed by atoms with Crippen molar-refractivity contribution in [1.82, 2.24) is 5.06 Å². The Bertz CT molecular complexity index is 425. The minimum absolute atomic E-state index is 0.00284. The van der Waals surface area contributed by atoms with E-state index in [1.54, 1.807) is 0 Å². The summed E-state index contributed by atoms with van der Waals surface area (Å²) >= 11 is 0. The highest BCUT2D eigenvalue weighted by molar-refractivity contribution is 7.85. The summed E-state index contributed by atoms with van der Waals surface area (Å²) in [7, 11) is -4.12. The molecule has 0 saturated carbocycles. The molecule has 0 aromatic heterocycles. The third-order valence-corrected chi connectivity index (χ3v) is 2.79. The third kappa shape index (κ3) is 4.49. The lowest BCUT2D eigenvalue weighted by atomic mass is 10.3. The minimum Gasteiger partial charge on any atom is -0.330 e. The molecule has 17 heavy (non-hydrogen) atoms. The van der Waals surface area contributed by atoms with Gasteiger partial charge in [-0.15, -0.1) is 5.06 Å². The van der Waals surface area contributed by atoms with E-state index in [0.717, 1.165) is 0 Å². The van der Waals surface area contributed by atoms with Crippen LogP contribution < -0.4 is 0 Å². The van der Waals surface area contributed by atoms with E-state index in [4.69, 9.17) is 4.55 Å². The summed E-state index contributed by atoms with van der Waals surface area (Å²) in [5.41, 5.74) is 0. The average Bonchev–Trinajstić information content (AvgIpc) is 2.47. The summed E-state index contributed by atoms with van der Waals surface area (Å²) in [6.45, 7) is 0. The van der Waals surface area contributed by atoms with Gasteiger partial charge in [-0.25, -0.2) is 4.79 Å². The molecular weight excluding hydrogens is 254 g/mol. The van der Waals surface area contributed by atoms with Crippen LogP contribution in [-0.4, -0.2) is 41.6 Å². The van der Waals surface area contributed by atoms with Crippen molar-refractivity contribution in [2.24, 2.45) is 0 Å². The van der Waals surface area contributed by atoms with Crippen LogP contribution in [0.4, 0.5) is 0 Å². The predicted molar refractivity (Wildman–Crippen MR) is 52.8 cm³/mol. The number of nitrogens with zero attached hydrogens (tertiary/aromatic N) is 1. The number of hydroxylamine groups is 2. The van der Waals surface area contributed by atoms with Gasteiger partial charge in [-0.2, -0.15) is 8.42 Å². The Labute approximate surface area is 97.2 Å². The van der Waals surface area contributed by atoms with E-state index >= 15 is 0 Å². The molecule has 0 bridgehead atoms. The molecule has 1 N–H and O–H groups in total. The molecule has 2 amide bonds. The second kappa shape index (κ2) is 5.23. The largest absolute Gasteiger partial charge is 0.333 e. The Morgan fingerprint density at radius 1 is 1.29 bits per heavy atom. The van der Waals surface area contributed by atoms with Crippen molar-refractivity contribution in [3.05, 3.63) is 0 Å². The van der Waals surface area contributed by atoms with Crippen LogP contribution in [0.2, 0.25) is 0 Å². The Morgan fingerprint density at radius 3 is 2.29 bits per heavy atom. The fourth-order valence-electron chi connectivity index (χ4n) is 1.20. The maximum absolute atomic E-state index is 11.1. The maximum Gasteiger partial charge on any atom is 0.333 e. The van der Waals surface area contributed by atoms with Crippen LogP contribution in [0.5, 0.6) is 0 Å². The van der Waals surface area contributed by atoms with E-state index in [2.05, 4.69) is 4.84 Å². The lowest BCUT2D eigenvalue weighted by Gasteiger charge is -2.12. The Balaban J connectivity index is 2.35. The predicted octanol–water partition coefficient (Wildman–Crippen LogP) is -0.738. The molecule has 8 nitrogen and oxygen atoms in total. The first-order chi connectivity index (χ1) is 7.79. The van der Waals surface area contributed by atoms with Crippen molar-refractivity contribution >= 4 is 27.9 Å². The van der Waals surface area contributed by atoms with Gasteiger partial charge >= 0.3 is 5.97 Å². The number of carbonyl (C=O) groups is 3. The number of carbonyl (C=O) groups excluding carboxylic acids is 3. The number of imide groups is 1. The van der Waals surface area contributed by atoms with E-state index in [9.17, 15) is 22.8 Å². The van der Waals surface area contributed by atoms with Crippen LogP contribution in [0.15, 0.2) is 0 Å². The van der Waals surface area contributed by atoms with Gasteiger partial charge in [0.2, 0.25) is 0 Å². The molecule has 0 atom stereocenters. The molecule has 1 rings (SSSR count). The second-order valence-electron chi connectivity index (χ2n) is 3.43. The zero-order valence-electron chi connectivity index (χ0n) is 8.79. The molecule has 96 valence electrons. The monoisotopic (exact) mass is 265 g/mol. The average molecular weight is 265 g/mol. The standard InChI is InChI=1S/C8H11NO7S/c10-6-3-4-7(11)9(6)16-8(12)2-1-5-17(13,14)15/h1-5H2,(H,13,14,15). The van der Waals surface area contributed by atoms with Crippen LogP contribution in [-0.2, 0) is 29.3 Å². The van der Waals surface area contributed by atoms with Crippen LogP contribution in [0.1, 0.15) is 25.7 Å². The number of rotatable bonds is 5. The van der Waals surface area contributed by atoms with Crippen LogP contribution in [0.25, 0.3) is 0 Å². The van der Waals surface area contributed by atoms with Gasteiger partial charge in [-0.3, -0.25) is 14.1 Å². The number of hydrogen-bond acceptors (Lipinski definition) is 6. The van der Waals surface area contributed by atoms with Crippen molar-refractivity contribution in [2.75, 3.05) is 5.75 Å². The van der Waals surface area contributed by atoms with E-state index in [0.29, 0.717) is 5.06 Å². The van der Waals surface area contributed by atoms with Crippen LogP contribution >= 0.6 is 0 Å². The van der Waals surface area contributed by atoms with Gasteiger partial charge in [0.25, 0.3) is 21.9 Å².